The van der Waals surface area contributed by atoms with E-state index < -0.39 is 18.6 Å². The number of benzene rings is 2. The summed E-state index contributed by atoms with van der Waals surface area (Å²) >= 11 is 0. The Kier molecular flexibility index (Phi) is 4.98. The maximum absolute atomic E-state index is 12.3. The van der Waals surface area contributed by atoms with Crippen LogP contribution in [0.3, 0.4) is 0 Å². The van der Waals surface area contributed by atoms with Crippen molar-refractivity contribution in [2.75, 3.05) is 0 Å². The largest absolute Gasteiger partial charge is 0.389 e. The number of halogens is 3. The highest BCUT2D eigenvalue weighted by Crippen LogP contribution is 2.28. The molecule has 0 spiro atoms. The molecule has 0 aliphatic carbocycles. The van der Waals surface area contributed by atoms with Gasteiger partial charge in [0.25, 0.3) is 0 Å². The number of nitrogens with two attached hydrogens (primary N) is 1. The molecular weight excluding hydrogens is 277 g/mol. The summed E-state index contributed by atoms with van der Waals surface area (Å²) in [5.41, 5.74) is 5.29. The van der Waals surface area contributed by atoms with Gasteiger partial charge in [-0.3, -0.25) is 11.3 Å². The van der Waals surface area contributed by atoms with Crippen molar-refractivity contribution in [3.63, 3.8) is 0 Å². The summed E-state index contributed by atoms with van der Waals surface area (Å²) in [5, 5.41) is 0. The maximum atomic E-state index is 12.3. The quantitative estimate of drug-likeness (QED) is 0.640. The molecule has 2 aromatic carbocycles. The zero-order chi connectivity index (χ0) is 15.3. The zero-order valence-corrected chi connectivity index (χ0v) is 11.4. The molecular formula is C16H17F3N2. The molecule has 0 saturated heterocycles. The second-order valence-electron chi connectivity index (χ2n) is 4.86. The van der Waals surface area contributed by atoms with E-state index in [0.717, 1.165) is 16.7 Å². The Labute approximate surface area is 121 Å². The number of alkyl halides is 3. The van der Waals surface area contributed by atoms with E-state index in [0.29, 0.717) is 0 Å². The van der Waals surface area contributed by atoms with Gasteiger partial charge < -0.3 is 0 Å². The summed E-state index contributed by atoms with van der Waals surface area (Å²) in [6, 6.07) is 16.7. The molecule has 0 bridgehead atoms. The van der Waals surface area contributed by atoms with Gasteiger partial charge in [-0.05, 0) is 23.1 Å². The fraction of sp³-hybridized carbons (Fsp3) is 0.250. The monoisotopic (exact) mass is 294 g/mol. The van der Waals surface area contributed by atoms with Crippen molar-refractivity contribution in [2.45, 2.75) is 25.1 Å². The minimum Gasteiger partial charge on any atom is -0.271 e. The van der Waals surface area contributed by atoms with Gasteiger partial charge in [0.2, 0.25) is 0 Å². The van der Waals surface area contributed by atoms with Crippen LogP contribution in [-0.2, 0) is 0 Å². The van der Waals surface area contributed by atoms with E-state index in [1.165, 1.54) is 0 Å². The normalized spacial score (nSPS) is 13.1. The molecule has 3 N–H and O–H groups in total. The molecule has 1 unspecified atom stereocenters. The van der Waals surface area contributed by atoms with E-state index in [1.807, 2.05) is 54.6 Å². The average molecular weight is 294 g/mol. The van der Waals surface area contributed by atoms with Crippen molar-refractivity contribution >= 4 is 0 Å². The van der Waals surface area contributed by atoms with Crippen molar-refractivity contribution in [3.8, 4) is 11.1 Å². The van der Waals surface area contributed by atoms with E-state index in [9.17, 15) is 13.2 Å². The van der Waals surface area contributed by atoms with Gasteiger partial charge in [-0.15, -0.1) is 0 Å². The number of hydrazine groups is 1. The third-order valence-corrected chi connectivity index (χ3v) is 3.34. The van der Waals surface area contributed by atoms with E-state index in [4.69, 9.17) is 5.84 Å². The van der Waals surface area contributed by atoms with Crippen molar-refractivity contribution < 1.29 is 13.2 Å². The Bertz CT molecular complexity index is 550. The van der Waals surface area contributed by atoms with Crippen molar-refractivity contribution in [1.29, 1.82) is 0 Å². The maximum Gasteiger partial charge on any atom is 0.389 e. The fourth-order valence-corrected chi connectivity index (χ4v) is 2.19. The molecule has 2 rings (SSSR count). The van der Waals surface area contributed by atoms with Crippen LogP contribution >= 0.6 is 0 Å². The van der Waals surface area contributed by atoms with Crippen LogP contribution in [0.25, 0.3) is 11.1 Å². The fourth-order valence-electron chi connectivity index (χ4n) is 2.19. The van der Waals surface area contributed by atoms with Crippen molar-refractivity contribution in [2.24, 2.45) is 5.84 Å². The Hall–Kier alpha value is -1.85. The van der Waals surface area contributed by atoms with Gasteiger partial charge in [-0.2, -0.15) is 13.2 Å². The summed E-state index contributed by atoms with van der Waals surface area (Å²) in [6.45, 7) is 0. The predicted molar refractivity (Wildman–Crippen MR) is 77.2 cm³/mol. The third-order valence-electron chi connectivity index (χ3n) is 3.34. The second-order valence-corrected chi connectivity index (χ2v) is 4.86. The lowest BCUT2D eigenvalue weighted by Gasteiger charge is -2.17. The van der Waals surface area contributed by atoms with Crippen LogP contribution in [0.4, 0.5) is 13.2 Å². The van der Waals surface area contributed by atoms with Gasteiger partial charge in [-0.25, -0.2) is 0 Å². The van der Waals surface area contributed by atoms with Crippen LogP contribution in [0.2, 0.25) is 0 Å². The topological polar surface area (TPSA) is 38.0 Å². The van der Waals surface area contributed by atoms with Gasteiger partial charge >= 0.3 is 6.18 Å². The molecule has 1 atom stereocenters. The van der Waals surface area contributed by atoms with Crippen molar-refractivity contribution in [1.82, 2.24) is 5.43 Å². The van der Waals surface area contributed by atoms with E-state index >= 15 is 0 Å². The average Bonchev–Trinajstić information content (AvgIpc) is 2.48. The Morgan fingerprint density at radius 3 is 2.00 bits per heavy atom. The standard InChI is InChI=1S/C16H17F3N2/c17-16(18,19)11-10-15(21-20)14-8-6-13(7-9-14)12-4-2-1-3-5-12/h1-9,15,21H,10-11,20H2. The highest BCUT2D eigenvalue weighted by molar-refractivity contribution is 5.63. The Morgan fingerprint density at radius 1 is 0.905 bits per heavy atom. The summed E-state index contributed by atoms with van der Waals surface area (Å²) in [4.78, 5) is 0. The van der Waals surface area contributed by atoms with E-state index in [1.54, 1.807) is 0 Å². The highest BCUT2D eigenvalue weighted by Gasteiger charge is 2.28. The summed E-state index contributed by atoms with van der Waals surface area (Å²) in [7, 11) is 0. The van der Waals surface area contributed by atoms with Crippen LogP contribution < -0.4 is 11.3 Å². The first-order valence-corrected chi connectivity index (χ1v) is 6.68. The Morgan fingerprint density at radius 2 is 1.48 bits per heavy atom. The molecule has 0 aromatic heterocycles. The first-order chi connectivity index (χ1) is 9.99. The molecule has 0 heterocycles. The van der Waals surface area contributed by atoms with Gasteiger partial charge in [0.1, 0.15) is 0 Å². The van der Waals surface area contributed by atoms with Gasteiger partial charge in [0.15, 0.2) is 0 Å². The van der Waals surface area contributed by atoms with Crippen LogP contribution in [0.5, 0.6) is 0 Å². The molecule has 0 aliphatic heterocycles. The lowest BCUT2D eigenvalue weighted by molar-refractivity contribution is -0.136. The van der Waals surface area contributed by atoms with Crippen molar-refractivity contribution in [3.05, 3.63) is 60.2 Å². The number of rotatable bonds is 5. The molecule has 0 fully saturated rings. The highest BCUT2D eigenvalue weighted by atomic mass is 19.4. The Balaban J connectivity index is 2.10. The molecule has 2 nitrogen and oxygen atoms in total. The predicted octanol–water partition coefficient (Wildman–Crippen LogP) is 4.20. The summed E-state index contributed by atoms with van der Waals surface area (Å²) in [6.07, 6.45) is -5.11. The molecule has 21 heavy (non-hydrogen) atoms. The second kappa shape index (κ2) is 6.74. The van der Waals surface area contributed by atoms with Gasteiger partial charge in [0.05, 0.1) is 0 Å². The minimum atomic E-state index is -4.17. The molecule has 112 valence electrons. The molecule has 0 amide bonds. The molecule has 2 aromatic rings. The molecule has 0 saturated carbocycles. The number of nitrogens with one attached hydrogen (secondary N) is 1. The van der Waals surface area contributed by atoms with E-state index in [-0.39, 0.29) is 6.42 Å². The zero-order valence-electron chi connectivity index (χ0n) is 11.4. The first-order valence-electron chi connectivity index (χ1n) is 6.68. The lowest BCUT2D eigenvalue weighted by atomic mass is 9.98. The van der Waals surface area contributed by atoms with Gasteiger partial charge in [0, 0.05) is 12.5 Å². The summed E-state index contributed by atoms with van der Waals surface area (Å²) in [5.74, 6) is 5.37. The first kappa shape index (κ1) is 15.5. The van der Waals surface area contributed by atoms with Crippen LogP contribution in [0.15, 0.2) is 54.6 Å². The lowest BCUT2D eigenvalue weighted by Crippen LogP contribution is -2.29. The molecule has 0 aliphatic rings. The van der Waals surface area contributed by atoms with E-state index in [2.05, 4.69) is 5.43 Å². The van der Waals surface area contributed by atoms with Gasteiger partial charge in [-0.1, -0.05) is 54.6 Å². The van der Waals surface area contributed by atoms with Crippen LogP contribution in [-0.4, -0.2) is 6.18 Å². The molecule has 5 heteroatoms. The smallest absolute Gasteiger partial charge is 0.271 e. The van der Waals surface area contributed by atoms with Crippen LogP contribution in [0, 0.1) is 0 Å². The SMILES string of the molecule is NNC(CCC(F)(F)F)c1ccc(-c2ccccc2)cc1. The van der Waals surface area contributed by atoms with Crippen LogP contribution in [0.1, 0.15) is 24.4 Å². The number of hydrogen-bond donors (Lipinski definition) is 2. The molecule has 0 radical (unpaired) electrons. The summed E-state index contributed by atoms with van der Waals surface area (Å²) < 4.78 is 36.9. The number of hydrogen-bond acceptors (Lipinski definition) is 2. The minimum absolute atomic E-state index is 0.0787. The third kappa shape index (κ3) is 4.58.